The van der Waals surface area contributed by atoms with Gasteiger partial charge in [0.2, 0.25) is 5.91 Å². The van der Waals surface area contributed by atoms with Crippen LogP contribution < -0.4 is 10.6 Å². The van der Waals surface area contributed by atoms with Crippen molar-refractivity contribution in [2.75, 3.05) is 17.2 Å². The van der Waals surface area contributed by atoms with E-state index in [0.717, 1.165) is 21.4 Å². The fourth-order valence-corrected chi connectivity index (χ4v) is 2.37. The lowest BCUT2D eigenvalue weighted by atomic mass is 10.2. The predicted octanol–water partition coefficient (Wildman–Crippen LogP) is 4.46. The minimum absolute atomic E-state index is 0.105. The summed E-state index contributed by atoms with van der Waals surface area (Å²) in [6, 6.07) is 13.0. The van der Waals surface area contributed by atoms with Crippen molar-refractivity contribution in [1.29, 1.82) is 0 Å². The molecule has 2 aromatic rings. The summed E-state index contributed by atoms with van der Waals surface area (Å²) in [5.74, 6) is -0.105. The molecule has 0 heterocycles. The number of hydrogen-bond acceptors (Lipinski definition) is 2. The molecule has 0 bridgehead atoms. The molecule has 0 aliphatic heterocycles. The van der Waals surface area contributed by atoms with Gasteiger partial charge < -0.3 is 10.6 Å². The van der Waals surface area contributed by atoms with E-state index in [0.29, 0.717) is 5.02 Å². The summed E-state index contributed by atoms with van der Waals surface area (Å²) in [7, 11) is 0. The van der Waals surface area contributed by atoms with E-state index in [-0.39, 0.29) is 12.5 Å². The third-order valence-corrected chi connectivity index (χ3v) is 3.70. The van der Waals surface area contributed by atoms with Crippen molar-refractivity contribution in [3.63, 3.8) is 0 Å². The minimum Gasteiger partial charge on any atom is -0.376 e. The maximum absolute atomic E-state index is 11.9. The van der Waals surface area contributed by atoms with Crippen molar-refractivity contribution in [2.45, 2.75) is 6.92 Å². The topological polar surface area (TPSA) is 41.1 Å². The SMILES string of the molecule is Cc1cc(Cl)ccc1NCC(=O)Nc1ccccc1Br. The molecular formula is C15H14BrClN2O. The Morgan fingerprint density at radius 3 is 2.65 bits per heavy atom. The Kier molecular flexibility index (Phi) is 5.04. The molecule has 0 spiro atoms. The van der Waals surface area contributed by atoms with Crippen LogP contribution in [0.5, 0.6) is 0 Å². The summed E-state index contributed by atoms with van der Waals surface area (Å²) >= 11 is 9.28. The lowest BCUT2D eigenvalue weighted by Gasteiger charge is -2.11. The van der Waals surface area contributed by atoms with Crippen LogP contribution in [0.15, 0.2) is 46.9 Å². The average molecular weight is 354 g/mol. The summed E-state index contributed by atoms with van der Waals surface area (Å²) in [5, 5.41) is 6.62. The molecule has 0 atom stereocenters. The maximum Gasteiger partial charge on any atom is 0.243 e. The van der Waals surface area contributed by atoms with Gasteiger partial charge in [-0.3, -0.25) is 4.79 Å². The van der Waals surface area contributed by atoms with Crippen LogP contribution in [-0.4, -0.2) is 12.5 Å². The molecule has 2 N–H and O–H groups in total. The van der Waals surface area contributed by atoms with Gasteiger partial charge in [0, 0.05) is 15.2 Å². The van der Waals surface area contributed by atoms with Crippen LogP contribution in [0.3, 0.4) is 0 Å². The number of carbonyl (C=O) groups is 1. The lowest BCUT2D eigenvalue weighted by Crippen LogP contribution is -2.22. The first-order chi connectivity index (χ1) is 9.56. The van der Waals surface area contributed by atoms with Crippen molar-refractivity contribution >= 4 is 44.8 Å². The van der Waals surface area contributed by atoms with Crippen LogP contribution in [0, 0.1) is 6.92 Å². The van der Waals surface area contributed by atoms with Gasteiger partial charge in [-0.25, -0.2) is 0 Å². The normalized spacial score (nSPS) is 10.2. The van der Waals surface area contributed by atoms with E-state index in [2.05, 4.69) is 26.6 Å². The molecule has 0 saturated carbocycles. The van der Waals surface area contributed by atoms with Crippen LogP contribution in [0.25, 0.3) is 0 Å². The maximum atomic E-state index is 11.9. The molecule has 5 heteroatoms. The summed E-state index contributed by atoms with van der Waals surface area (Å²) in [6.07, 6.45) is 0. The third-order valence-electron chi connectivity index (χ3n) is 2.78. The molecule has 0 aliphatic rings. The number of nitrogens with one attached hydrogen (secondary N) is 2. The van der Waals surface area contributed by atoms with E-state index in [1.165, 1.54) is 0 Å². The Bertz CT molecular complexity index is 631. The van der Waals surface area contributed by atoms with Crippen molar-refractivity contribution < 1.29 is 4.79 Å². The van der Waals surface area contributed by atoms with Gasteiger partial charge in [0.15, 0.2) is 0 Å². The predicted molar refractivity (Wildman–Crippen MR) is 87.5 cm³/mol. The van der Waals surface area contributed by atoms with Gasteiger partial charge in [-0.05, 0) is 58.7 Å². The number of halogens is 2. The Morgan fingerprint density at radius 1 is 1.20 bits per heavy atom. The summed E-state index contributed by atoms with van der Waals surface area (Å²) < 4.78 is 0.857. The first-order valence-electron chi connectivity index (χ1n) is 6.10. The highest BCUT2D eigenvalue weighted by atomic mass is 79.9. The van der Waals surface area contributed by atoms with Crippen LogP contribution in [0.4, 0.5) is 11.4 Å². The van der Waals surface area contributed by atoms with Crippen molar-refractivity contribution in [1.82, 2.24) is 0 Å². The quantitative estimate of drug-likeness (QED) is 0.852. The largest absolute Gasteiger partial charge is 0.376 e. The second kappa shape index (κ2) is 6.77. The van der Waals surface area contributed by atoms with E-state index in [9.17, 15) is 4.79 Å². The molecule has 20 heavy (non-hydrogen) atoms. The zero-order valence-corrected chi connectivity index (χ0v) is 13.3. The van der Waals surface area contributed by atoms with Crippen LogP contribution in [-0.2, 0) is 4.79 Å². The highest BCUT2D eigenvalue weighted by molar-refractivity contribution is 9.10. The molecular weight excluding hydrogens is 340 g/mol. The van der Waals surface area contributed by atoms with Crippen LogP contribution in [0.1, 0.15) is 5.56 Å². The van der Waals surface area contributed by atoms with Gasteiger partial charge in [-0.1, -0.05) is 23.7 Å². The summed E-state index contributed by atoms with van der Waals surface area (Å²) in [5.41, 5.74) is 2.66. The number of benzene rings is 2. The van der Waals surface area contributed by atoms with Crippen LogP contribution in [0.2, 0.25) is 5.02 Å². The summed E-state index contributed by atoms with van der Waals surface area (Å²) in [6.45, 7) is 2.14. The van der Waals surface area contributed by atoms with Crippen LogP contribution >= 0.6 is 27.5 Å². The first-order valence-corrected chi connectivity index (χ1v) is 7.28. The number of hydrogen-bond donors (Lipinski definition) is 2. The van der Waals surface area contributed by atoms with E-state index in [1.54, 1.807) is 6.07 Å². The number of para-hydroxylation sites is 1. The molecule has 0 aliphatic carbocycles. The van der Waals surface area contributed by atoms with E-state index >= 15 is 0 Å². The average Bonchev–Trinajstić information content (AvgIpc) is 2.40. The number of anilines is 2. The Labute approximate surface area is 131 Å². The summed E-state index contributed by atoms with van der Waals surface area (Å²) in [4.78, 5) is 11.9. The highest BCUT2D eigenvalue weighted by Crippen LogP contribution is 2.21. The van der Waals surface area contributed by atoms with Crippen molar-refractivity contribution in [3.05, 3.63) is 57.5 Å². The molecule has 2 rings (SSSR count). The van der Waals surface area contributed by atoms with Gasteiger partial charge in [-0.2, -0.15) is 0 Å². The van der Waals surface area contributed by atoms with Gasteiger partial charge in [0.25, 0.3) is 0 Å². The Morgan fingerprint density at radius 2 is 1.95 bits per heavy atom. The molecule has 0 unspecified atom stereocenters. The highest BCUT2D eigenvalue weighted by Gasteiger charge is 2.06. The smallest absolute Gasteiger partial charge is 0.243 e. The first kappa shape index (κ1) is 14.9. The molecule has 0 fully saturated rings. The molecule has 3 nitrogen and oxygen atoms in total. The lowest BCUT2D eigenvalue weighted by molar-refractivity contribution is -0.114. The van der Waals surface area contributed by atoms with Gasteiger partial charge >= 0.3 is 0 Å². The fourth-order valence-electron chi connectivity index (χ4n) is 1.76. The van der Waals surface area contributed by atoms with Crippen molar-refractivity contribution in [2.24, 2.45) is 0 Å². The van der Waals surface area contributed by atoms with Gasteiger partial charge in [0.1, 0.15) is 0 Å². The molecule has 2 aromatic carbocycles. The minimum atomic E-state index is -0.105. The van der Waals surface area contributed by atoms with Crippen molar-refractivity contribution in [3.8, 4) is 0 Å². The number of rotatable bonds is 4. The van der Waals surface area contributed by atoms with E-state index < -0.39 is 0 Å². The number of aryl methyl sites for hydroxylation is 1. The van der Waals surface area contributed by atoms with Gasteiger partial charge in [-0.15, -0.1) is 0 Å². The molecule has 1 amide bonds. The molecule has 0 radical (unpaired) electrons. The monoisotopic (exact) mass is 352 g/mol. The third kappa shape index (κ3) is 3.99. The number of carbonyl (C=O) groups excluding carboxylic acids is 1. The Balaban J connectivity index is 1.94. The molecule has 104 valence electrons. The van der Waals surface area contributed by atoms with Gasteiger partial charge in [0.05, 0.1) is 12.2 Å². The zero-order valence-electron chi connectivity index (χ0n) is 10.9. The van der Waals surface area contributed by atoms with E-state index in [1.807, 2.05) is 43.3 Å². The standard InChI is InChI=1S/C15H14BrClN2O/c1-10-8-11(17)6-7-13(10)18-9-15(20)19-14-5-3-2-4-12(14)16/h2-8,18H,9H2,1H3,(H,19,20). The Hall–Kier alpha value is -1.52. The van der Waals surface area contributed by atoms with E-state index in [4.69, 9.17) is 11.6 Å². The zero-order chi connectivity index (χ0) is 14.5. The molecule has 0 aromatic heterocycles. The fraction of sp³-hybridized carbons (Fsp3) is 0.133. The second-order valence-corrected chi connectivity index (χ2v) is 5.63. The molecule has 0 saturated heterocycles. The number of amides is 1. The second-order valence-electron chi connectivity index (χ2n) is 4.34.